The first-order valence-corrected chi connectivity index (χ1v) is 7.54. The highest BCUT2D eigenvalue weighted by molar-refractivity contribution is 9.10. The lowest BCUT2D eigenvalue weighted by molar-refractivity contribution is 0.347. The van der Waals surface area contributed by atoms with Gasteiger partial charge >= 0.3 is 0 Å². The summed E-state index contributed by atoms with van der Waals surface area (Å²) in [4.78, 5) is 0. The summed E-state index contributed by atoms with van der Waals surface area (Å²) in [6, 6.07) is 2.20. The fraction of sp³-hybridized carbons (Fsp3) is 0.600. The third-order valence-electron chi connectivity index (χ3n) is 3.75. The molecular formula is C15H22BrNO2. The van der Waals surface area contributed by atoms with E-state index in [1.807, 2.05) is 0 Å². The fourth-order valence-corrected chi connectivity index (χ4v) is 3.48. The van der Waals surface area contributed by atoms with Crippen LogP contribution in [0, 0.1) is 0 Å². The molecule has 0 aliphatic carbocycles. The van der Waals surface area contributed by atoms with Crippen molar-refractivity contribution < 1.29 is 9.47 Å². The van der Waals surface area contributed by atoms with Crippen molar-refractivity contribution >= 4 is 15.9 Å². The lowest BCUT2D eigenvalue weighted by Gasteiger charge is -2.23. The van der Waals surface area contributed by atoms with Gasteiger partial charge in [-0.3, -0.25) is 0 Å². The number of benzene rings is 1. The highest BCUT2D eigenvalue weighted by Crippen LogP contribution is 2.46. The molecule has 19 heavy (non-hydrogen) atoms. The Kier molecular flexibility index (Phi) is 4.74. The molecule has 1 unspecified atom stereocenters. The Balaban J connectivity index is 2.61. The van der Waals surface area contributed by atoms with Crippen LogP contribution in [0.15, 0.2) is 10.5 Å². The molecule has 0 bridgehead atoms. The van der Waals surface area contributed by atoms with Gasteiger partial charge in [-0.05, 0) is 52.4 Å². The van der Waals surface area contributed by atoms with E-state index in [1.165, 1.54) is 17.5 Å². The monoisotopic (exact) mass is 327 g/mol. The van der Waals surface area contributed by atoms with Gasteiger partial charge < -0.3 is 14.8 Å². The number of ether oxygens (including phenoxy) is 2. The van der Waals surface area contributed by atoms with Crippen LogP contribution in [0.3, 0.4) is 0 Å². The second kappa shape index (κ2) is 6.14. The van der Waals surface area contributed by atoms with E-state index in [4.69, 9.17) is 9.47 Å². The lowest BCUT2D eigenvalue weighted by Crippen LogP contribution is -2.11. The topological polar surface area (TPSA) is 30.5 Å². The Labute approximate surface area is 123 Å². The predicted octanol–water partition coefficient (Wildman–Crippen LogP) is 3.67. The number of hydrogen-bond donors (Lipinski definition) is 1. The standard InChI is InChI=1S/C15H22BrNO2/c1-9(2)13-11(10-5-6-17-8-10)7-12(16)14(18-3)15(13)19-4/h7,9-10,17H,5-6,8H2,1-4H3. The molecule has 0 radical (unpaired) electrons. The van der Waals surface area contributed by atoms with E-state index >= 15 is 0 Å². The zero-order chi connectivity index (χ0) is 14.0. The highest BCUT2D eigenvalue weighted by Gasteiger charge is 2.27. The molecule has 1 fully saturated rings. The summed E-state index contributed by atoms with van der Waals surface area (Å²) < 4.78 is 12.1. The summed E-state index contributed by atoms with van der Waals surface area (Å²) in [7, 11) is 3.40. The van der Waals surface area contributed by atoms with E-state index < -0.39 is 0 Å². The number of hydrogen-bond acceptors (Lipinski definition) is 3. The summed E-state index contributed by atoms with van der Waals surface area (Å²) in [5.41, 5.74) is 2.65. The quantitative estimate of drug-likeness (QED) is 0.915. The largest absolute Gasteiger partial charge is 0.493 e. The molecule has 0 amide bonds. The summed E-state index contributed by atoms with van der Waals surface area (Å²) in [5.74, 6) is 2.63. The molecule has 1 atom stereocenters. The maximum atomic E-state index is 5.63. The number of methoxy groups -OCH3 is 2. The van der Waals surface area contributed by atoms with Crippen molar-refractivity contribution in [2.45, 2.75) is 32.1 Å². The molecule has 106 valence electrons. The maximum absolute atomic E-state index is 5.63. The lowest BCUT2D eigenvalue weighted by atomic mass is 9.87. The van der Waals surface area contributed by atoms with Crippen molar-refractivity contribution in [3.63, 3.8) is 0 Å². The Morgan fingerprint density at radius 3 is 2.42 bits per heavy atom. The van der Waals surface area contributed by atoms with E-state index in [-0.39, 0.29) is 0 Å². The van der Waals surface area contributed by atoms with Gasteiger partial charge in [0.1, 0.15) is 0 Å². The minimum absolute atomic E-state index is 0.410. The van der Waals surface area contributed by atoms with Crippen molar-refractivity contribution in [2.75, 3.05) is 27.3 Å². The minimum atomic E-state index is 0.410. The van der Waals surface area contributed by atoms with Crippen LogP contribution in [0.4, 0.5) is 0 Å². The molecule has 2 rings (SSSR count). The third kappa shape index (κ3) is 2.75. The minimum Gasteiger partial charge on any atom is -0.493 e. The molecule has 1 aliphatic heterocycles. The molecule has 1 aromatic carbocycles. The molecule has 1 heterocycles. The Morgan fingerprint density at radius 1 is 1.26 bits per heavy atom. The first-order valence-electron chi connectivity index (χ1n) is 6.75. The van der Waals surface area contributed by atoms with E-state index in [9.17, 15) is 0 Å². The van der Waals surface area contributed by atoms with Crippen LogP contribution in [0.2, 0.25) is 0 Å². The Hall–Kier alpha value is -0.740. The second-order valence-electron chi connectivity index (χ2n) is 5.27. The summed E-state index contributed by atoms with van der Waals surface area (Å²) in [6.45, 7) is 6.55. The average molecular weight is 328 g/mol. The van der Waals surface area contributed by atoms with Gasteiger partial charge in [0, 0.05) is 12.1 Å². The van der Waals surface area contributed by atoms with Crippen LogP contribution in [0.5, 0.6) is 11.5 Å². The van der Waals surface area contributed by atoms with E-state index in [1.54, 1.807) is 14.2 Å². The van der Waals surface area contributed by atoms with Crippen LogP contribution in [0.25, 0.3) is 0 Å². The number of halogens is 1. The van der Waals surface area contributed by atoms with Crippen molar-refractivity contribution in [3.8, 4) is 11.5 Å². The SMILES string of the molecule is COc1c(Br)cc(C2CCNC2)c(C(C)C)c1OC. The van der Waals surface area contributed by atoms with Gasteiger partial charge in [0.2, 0.25) is 0 Å². The highest BCUT2D eigenvalue weighted by atomic mass is 79.9. The molecule has 4 heteroatoms. The number of nitrogens with one attached hydrogen (secondary N) is 1. The van der Waals surface area contributed by atoms with Crippen LogP contribution >= 0.6 is 15.9 Å². The molecule has 0 spiro atoms. The van der Waals surface area contributed by atoms with Crippen LogP contribution in [-0.4, -0.2) is 27.3 Å². The van der Waals surface area contributed by atoms with Gasteiger partial charge in [0.25, 0.3) is 0 Å². The van der Waals surface area contributed by atoms with Crippen LogP contribution in [-0.2, 0) is 0 Å². The van der Waals surface area contributed by atoms with Gasteiger partial charge in [-0.15, -0.1) is 0 Å². The molecule has 0 aromatic heterocycles. The summed E-state index contributed by atoms with van der Waals surface area (Å²) in [5, 5.41) is 3.44. The first kappa shape index (κ1) is 14.7. The number of rotatable bonds is 4. The smallest absolute Gasteiger partial charge is 0.175 e. The molecule has 3 nitrogen and oxygen atoms in total. The third-order valence-corrected chi connectivity index (χ3v) is 4.34. The van der Waals surface area contributed by atoms with Gasteiger partial charge in [0.15, 0.2) is 11.5 Å². The van der Waals surface area contributed by atoms with E-state index in [0.717, 1.165) is 29.1 Å². The maximum Gasteiger partial charge on any atom is 0.175 e. The predicted molar refractivity (Wildman–Crippen MR) is 81.6 cm³/mol. The molecule has 1 aromatic rings. The molecule has 1 saturated heterocycles. The zero-order valence-electron chi connectivity index (χ0n) is 12.0. The average Bonchev–Trinajstić information content (AvgIpc) is 2.90. The Morgan fingerprint density at radius 2 is 1.95 bits per heavy atom. The zero-order valence-corrected chi connectivity index (χ0v) is 13.6. The molecule has 1 N–H and O–H groups in total. The van der Waals surface area contributed by atoms with Crippen LogP contribution < -0.4 is 14.8 Å². The molecular weight excluding hydrogens is 306 g/mol. The van der Waals surface area contributed by atoms with Crippen molar-refractivity contribution in [1.82, 2.24) is 5.32 Å². The first-order chi connectivity index (χ1) is 9.10. The van der Waals surface area contributed by atoms with Gasteiger partial charge in [0.05, 0.1) is 18.7 Å². The molecule has 1 aliphatic rings. The Bertz CT molecular complexity index is 454. The summed E-state index contributed by atoms with van der Waals surface area (Å²) >= 11 is 3.60. The van der Waals surface area contributed by atoms with Gasteiger partial charge in [-0.2, -0.15) is 0 Å². The molecule has 0 saturated carbocycles. The van der Waals surface area contributed by atoms with Crippen molar-refractivity contribution in [3.05, 3.63) is 21.7 Å². The van der Waals surface area contributed by atoms with Crippen molar-refractivity contribution in [2.24, 2.45) is 0 Å². The van der Waals surface area contributed by atoms with Crippen LogP contribution in [0.1, 0.15) is 43.2 Å². The normalized spacial score (nSPS) is 18.9. The van der Waals surface area contributed by atoms with Gasteiger partial charge in [-0.1, -0.05) is 13.8 Å². The second-order valence-corrected chi connectivity index (χ2v) is 6.13. The summed E-state index contributed by atoms with van der Waals surface area (Å²) in [6.07, 6.45) is 1.18. The van der Waals surface area contributed by atoms with E-state index in [2.05, 4.69) is 41.2 Å². The van der Waals surface area contributed by atoms with E-state index in [0.29, 0.717) is 11.8 Å². The fourth-order valence-electron chi connectivity index (χ4n) is 2.89. The van der Waals surface area contributed by atoms with Gasteiger partial charge in [-0.25, -0.2) is 0 Å². The van der Waals surface area contributed by atoms with Crippen molar-refractivity contribution in [1.29, 1.82) is 0 Å².